The van der Waals surface area contributed by atoms with Gasteiger partial charge in [-0.25, -0.2) is 4.79 Å². The summed E-state index contributed by atoms with van der Waals surface area (Å²) in [5.41, 5.74) is 0. The van der Waals surface area contributed by atoms with E-state index >= 15 is 0 Å². The number of carbonyl (C=O) groups excluding carboxylic acids is 4. The lowest BCUT2D eigenvalue weighted by atomic mass is 9.99. The molecule has 2 unspecified atom stereocenters. The van der Waals surface area contributed by atoms with Gasteiger partial charge < -0.3 is 10.2 Å². The Hall–Kier alpha value is -1.96. The molecule has 2 heterocycles. The first-order valence-electron chi connectivity index (χ1n) is 8.47. The number of amides is 3. The van der Waals surface area contributed by atoms with Gasteiger partial charge in [-0.15, -0.1) is 5.06 Å². The number of piperidine rings is 1. The summed E-state index contributed by atoms with van der Waals surface area (Å²) in [6.45, 7) is 4.65. The van der Waals surface area contributed by atoms with Crippen molar-refractivity contribution >= 4 is 23.7 Å². The molecule has 24 heavy (non-hydrogen) atoms. The van der Waals surface area contributed by atoms with Crippen molar-refractivity contribution in [2.75, 3.05) is 13.1 Å². The highest BCUT2D eigenvalue weighted by molar-refractivity contribution is 6.01. The molecule has 0 aromatic rings. The third-order valence-electron chi connectivity index (χ3n) is 4.55. The van der Waals surface area contributed by atoms with Crippen LogP contribution in [0.2, 0.25) is 0 Å². The first-order valence-corrected chi connectivity index (χ1v) is 8.47. The van der Waals surface area contributed by atoms with Crippen LogP contribution in [-0.4, -0.2) is 58.8 Å². The van der Waals surface area contributed by atoms with Crippen LogP contribution in [0.4, 0.5) is 0 Å². The van der Waals surface area contributed by atoms with Crippen LogP contribution in [0.25, 0.3) is 0 Å². The van der Waals surface area contributed by atoms with E-state index in [1.807, 2.05) is 0 Å². The fourth-order valence-electron chi connectivity index (χ4n) is 3.12. The van der Waals surface area contributed by atoms with E-state index in [-0.39, 0.29) is 31.7 Å². The molecule has 8 nitrogen and oxygen atoms in total. The molecule has 2 aliphatic rings. The fraction of sp³-hybridized carbons (Fsp3) is 0.750. The monoisotopic (exact) mass is 340 g/mol. The number of hydrogen-bond donors (Lipinski definition) is 1. The Kier molecular flexibility index (Phi) is 6.30. The molecule has 2 saturated heterocycles. The topological polar surface area (TPSA) is 96.0 Å². The van der Waals surface area contributed by atoms with Crippen molar-refractivity contribution in [3.05, 3.63) is 0 Å². The SMILES string of the molecule is CC1CCCC(C)N1[13CH2]C(=O)NCCC(=O)ON1C(=O)CCC1=O. The van der Waals surface area contributed by atoms with Crippen LogP contribution in [0.1, 0.15) is 52.4 Å². The summed E-state index contributed by atoms with van der Waals surface area (Å²) in [6, 6.07) is 0.744. The third-order valence-corrected chi connectivity index (χ3v) is 4.55. The van der Waals surface area contributed by atoms with Gasteiger partial charge in [-0.3, -0.25) is 19.3 Å². The van der Waals surface area contributed by atoms with Crippen LogP contribution in [0.15, 0.2) is 0 Å². The Morgan fingerprint density at radius 1 is 1.12 bits per heavy atom. The molecule has 2 aliphatic heterocycles. The Labute approximate surface area is 141 Å². The maximum absolute atomic E-state index is 12.0. The molecule has 2 rings (SSSR count). The standard InChI is InChI=1S/C16H25N3O5/c1-11-4-3-5-12(2)18(11)10-13(20)17-9-8-16(23)24-19-14(21)6-7-15(19)22/h11-12H,3-10H2,1-2H3,(H,17,20)/i10+1. The molecule has 0 aromatic carbocycles. The molecule has 2 atom stereocenters. The van der Waals surface area contributed by atoms with Crippen LogP contribution in [-0.2, 0) is 24.0 Å². The second-order valence-corrected chi connectivity index (χ2v) is 6.45. The zero-order chi connectivity index (χ0) is 17.7. The first-order chi connectivity index (χ1) is 11.4. The van der Waals surface area contributed by atoms with E-state index in [2.05, 4.69) is 24.1 Å². The molecular formula is C16H25N3O5. The Morgan fingerprint density at radius 2 is 1.71 bits per heavy atom. The first kappa shape index (κ1) is 18.4. The van der Waals surface area contributed by atoms with E-state index in [0.29, 0.717) is 23.7 Å². The summed E-state index contributed by atoms with van der Waals surface area (Å²) in [6.07, 6.45) is 3.39. The number of carbonyl (C=O) groups is 4. The van der Waals surface area contributed by atoms with Gasteiger partial charge in [0.2, 0.25) is 5.91 Å². The van der Waals surface area contributed by atoms with E-state index in [9.17, 15) is 19.2 Å². The van der Waals surface area contributed by atoms with Crippen LogP contribution >= 0.6 is 0 Å². The van der Waals surface area contributed by atoms with E-state index in [4.69, 9.17) is 4.84 Å². The van der Waals surface area contributed by atoms with Crippen molar-refractivity contribution in [2.45, 2.75) is 64.5 Å². The third kappa shape index (κ3) is 4.77. The minimum Gasteiger partial charge on any atom is -0.354 e. The number of rotatable bonds is 6. The average Bonchev–Trinajstić information content (AvgIpc) is 2.83. The van der Waals surface area contributed by atoms with Crippen molar-refractivity contribution in [3.8, 4) is 0 Å². The normalized spacial score (nSPS) is 25.0. The number of nitrogens with one attached hydrogen (secondary N) is 1. The fourth-order valence-corrected chi connectivity index (χ4v) is 3.12. The summed E-state index contributed by atoms with van der Waals surface area (Å²) in [7, 11) is 0. The minimum absolute atomic E-state index is 0.0645. The second-order valence-electron chi connectivity index (χ2n) is 6.45. The molecule has 0 saturated carbocycles. The number of likely N-dealkylation sites (tertiary alicyclic amines) is 1. The predicted octanol–water partition coefficient (Wildman–Crippen LogP) is 0.363. The number of hydroxylamine groups is 2. The smallest absolute Gasteiger partial charge is 0.334 e. The summed E-state index contributed by atoms with van der Waals surface area (Å²) >= 11 is 0. The van der Waals surface area contributed by atoms with E-state index < -0.39 is 17.8 Å². The van der Waals surface area contributed by atoms with Crippen LogP contribution in [0.3, 0.4) is 0 Å². The van der Waals surface area contributed by atoms with Gasteiger partial charge in [0.1, 0.15) is 0 Å². The lowest BCUT2D eigenvalue weighted by Gasteiger charge is -2.38. The van der Waals surface area contributed by atoms with Crippen molar-refractivity contribution in [1.29, 1.82) is 0 Å². The van der Waals surface area contributed by atoms with Gasteiger partial charge in [-0.2, -0.15) is 0 Å². The minimum atomic E-state index is -0.710. The quantitative estimate of drug-likeness (QED) is 0.554. The number of nitrogens with zero attached hydrogens (tertiary/aromatic N) is 2. The van der Waals surface area contributed by atoms with Gasteiger partial charge in [0, 0.05) is 31.5 Å². The Balaban J connectivity index is 1.67. The lowest BCUT2D eigenvalue weighted by molar-refractivity contribution is -0.197. The molecule has 2 fully saturated rings. The number of imide groups is 1. The van der Waals surface area contributed by atoms with Crippen LogP contribution < -0.4 is 5.32 Å². The molecule has 0 bridgehead atoms. The highest BCUT2D eigenvalue weighted by Gasteiger charge is 2.32. The zero-order valence-corrected chi connectivity index (χ0v) is 14.2. The molecular weight excluding hydrogens is 315 g/mol. The zero-order valence-electron chi connectivity index (χ0n) is 14.2. The van der Waals surface area contributed by atoms with Crippen molar-refractivity contribution in [2.24, 2.45) is 0 Å². The highest BCUT2D eigenvalue weighted by Crippen LogP contribution is 2.21. The summed E-state index contributed by atoms with van der Waals surface area (Å²) in [5, 5.41) is 3.19. The van der Waals surface area contributed by atoms with Gasteiger partial charge in [0.15, 0.2) is 0 Å². The molecule has 1 N–H and O–H groups in total. The predicted molar refractivity (Wildman–Crippen MR) is 84.3 cm³/mol. The molecule has 8 heteroatoms. The summed E-state index contributed by atoms with van der Waals surface area (Å²) in [4.78, 5) is 53.2. The molecule has 3 amide bonds. The Bertz CT molecular complexity index is 496. The molecule has 134 valence electrons. The maximum atomic E-state index is 12.0. The largest absolute Gasteiger partial charge is 0.354 e. The number of hydrogen-bond acceptors (Lipinski definition) is 6. The summed E-state index contributed by atoms with van der Waals surface area (Å²) in [5.74, 6) is -1.87. The van der Waals surface area contributed by atoms with Gasteiger partial charge in [-0.05, 0) is 26.7 Å². The van der Waals surface area contributed by atoms with Crippen molar-refractivity contribution < 1.29 is 24.0 Å². The molecule has 0 aromatic heterocycles. The van der Waals surface area contributed by atoms with Gasteiger partial charge in [0.25, 0.3) is 11.8 Å². The molecule has 0 aliphatic carbocycles. The lowest BCUT2D eigenvalue weighted by Crippen LogP contribution is -2.48. The second kappa shape index (κ2) is 8.23. The van der Waals surface area contributed by atoms with E-state index in [1.165, 1.54) is 6.42 Å². The van der Waals surface area contributed by atoms with E-state index in [1.54, 1.807) is 0 Å². The molecule has 0 spiro atoms. The summed E-state index contributed by atoms with van der Waals surface area (Å²) < 4.78 is 0. The molecule has 0 radical (unpaired) electrons. The average molecular weight is 340 g/mol. The van der Waals surface area contributed by atoms with Crippen molar-refractivity contribution in [3.63, 3.8) is 0 Å². The van der Waals surface area contributed by atoms with Crippen LogP contribution in [0.5, 0.6) is 0 Å². The van der Waals surface area contributed by atoms with Gasteiger partial charge >= 0.3 is 5.97 Å². The van der Waals surface area contributed by atoms with Crippen molar-refractivity contribution in [1.82, 2.24) is 15.3 Å². The van der Waals surface area contributed by atoms with Gasteiger partial charge in [0.05, 0.1) is 13.0 Å². The maximum Gasteiger partial charge on any atom is 0.334 e. The Morgan fingerprint density at radius 3 is 2.29 bits per heavy atom. The van der Waals surface area contributed by atoms with Gasteiger partial charge in [-0.1, -0.05) is 6.42 Å². The van der Waals surface area contributed by atoms with E-state index in [0.717, 1.165) is 12.8 Å². The highest BCUT2D eigenvalue weighted by atomic mass is 16.7. The van der Waals surface area contributed by atoms with Crippen LogP contribution in [0, 0.1) is 0 Å².